The van der Waals surface area contributed by atoms with Crippen LogP contribution in [0.5, 0.6) is 5.75 Å². The number of para-hydroxylation sites is 1. The number of hydrogen-bond acceptors (Lipinski definition) is 3. The standard InChI is InChI=1S/C18H21ClN2O4/c19-13-5-1-4-12-14(6-8-25-15(12)13)20-17(24)21-9-11-3-2-7-18(11,10-21)16(22)23/h1,4-5,11,14H,2-3,6-10H2,(H,20,24)(H,22,23)/t11-,14?,18+/m0/s1. The molecule has 1 saturated heterocycles. The molecule has 0 spiro atoms. The zero-order valence-corrected chi connectivity index (χ0v) is 14.6. The van der Waals surface area contributed by atoms with Crippen molar-refractivity contribution in [3.05, 3.63) is 28.8 Å². The molecule has 2 aliphatic heterocycles. The van der Waals surface area contributed by atoms with Crippen LogP contribution in [-0.2, 0) is 4.79 Å². The summed E-state index contributed by atoms with van der Waals surface area (Å²) in [6.07, 6.45) is 3.14. The molecule has 2 N–H and O–H groups in total. The lowest BCUT2D eigenvalue weighted by Crippen LogP contribution is -2.43. The average molecular weight is 365 g/mol. The molecule has 1 unspecified atom stereocenters. The van der Waals surface area contributed by atoms with Crippen LogP contribution >= 0.6 is 11.6 Å². The Balaban J connectivity index is 1.49. The van der Waals surface area contributed by atoms with Gasteiger partial charge in [-0.15, -0.1) is 0 Å². The highest BCUT2D eigenvalue weighted by Gasteiger charge is 2.55. The number of nitrogens with one attached hydrogen (secondary N) is 1. The number of halogens is 1. The van der Waals surface area contributed by atoms with Gasteiger partial charge in [-0.2, -0.15) is 0 Å². The Kier molecular flexibility index (Phi) is 4.02. The van der Waals surface area contributed by atoms with Gasteiger partial charge < -0.3 is 20.1 Å². The Hall–Kier alpha value is -1.95. The van der Waals surface area contributed by atoms with Crippen molar-refractivity contribution in [3.63, 3.8) is 0 Å². The SMILES string of the molecule is O=C(NC1CCOc2c(Cl)cccc21)N1C[C@@H]2CCC[C@@]2(C(=O)O)C1. The van der Waals surface area contributed by atoms with Crippen molar-refractivity contribution in [2.75, 3.05) is 19.7 Å². The van der Waals surface area contributed by atoms with Gasteiger partial charge in [-0.3, -0.25) is 4.79 Å². The van der Waals surface area contributed by atoms with Crippen LogP contribution in [0.15, 0.2) is 18.2 Å². The molecule has 6 nitrogen and oxygen atoms in total. The third kappa shape index (κ3) is 2.63. The molecule has 3 aliphatic rings. The van der Waals surface area contributed by atoms with Crippen molar-refractivity contribution >= 4 is 23.6 Å². The van der Waals surface area contributed by atoms with E-state index in [1.54, 1.807) is 11.0 Å². The van der Waals surface area contributed by atoms with Crippen molar-refractivity contribution in [1.82, 2.24) is 10.2 Å². The van der Waals surface area contributed by atoms with Crippen LogP contribution < -0.4 is 10.1 Å². The first-order valence-corrected chi connectivity index (χ1v) is 9.09. The van der Waals surface area contributed by atoms with E-state index < -0.39 is 11.4 Å². The first-order chi connectivity index (χ1) is 12.0. The van der Waals surface area contributed by atoms with Gasteiger partial charge in [-0.25, -0.2) is 4.79 Å². The van der Waals surface area contributed by atoms with Gasteiger partial charge in [-0.05, 0) is 24.8 Å². The highest BCUT2D eigenvalue weighted by atomic mass is 35.5. The molecule has 134 valence electrons. The van der Waals surface area contributed by atoms with E-state index in [1.807, 2.05) is 12.1 Å². The molecule has 2 amide bonds. The fraction of sp³-hybridized carbons (Fsp3) is 0.556. The number of carboxylic acid groups (broad SMARTS) is 1. The van der Waals surface area contributed by atoms with Crippen molar-refractivity contribution in [2.24, 2.45) is 11.3 Å². The maximum Gasteiger partial charge on any atom is 0.317 e. The molecular weight excluding hydrogens is 344 g/mol. The van der Waals surface area contributed by atoms with Crippen molar-refractivity contribution in [1.29, 1.82) is 0 Å². The number of ether oxygens (including phenoxy) is 1. The molecule has 2 fully saturated rings. The number of amides is 2. The normalized spacial score (nSPS) is 30.4. The van der Waals surface area contributed by atoms with E-state index in [1.165, 1.54) is 0 Å². The molecule has 2 heterocycles. The van der Waals surface area contributed by atoms with Crippen LogP contribution in [0.4, 0.5) is 4.79 Å². The smallest absolute Gasteiger partial charge is 0.317 e. The Morgan fingerprint density at radius 2 is 2.20 bits per heavy atom. The largest absolute Gasteiger partial charge is 0.492 e. The number of fused-ring (bicyclic) bond motifs is 2. The van der Waals surface area contributed by atoms with Crippen LogP contribution in [0.3, 0.4) is 0 Å². The number of carboxylic acids is 1. The molecule has 25 heavy (non-hydrogen) atoms. The summed E-state index contributed by atoms with van der Waals surface area (Å²) in [5.41, 5.74) is 0.119. The first-order valence-electron chi connectivity index (χ1n) is 8.71. The number of carbonyl (C=O) groups excluding carboxylic acids is 1. The van der Waals surface area contributed by atoms with E-state index >= 15 is 0 Å². The van der Waals surface area contributed by atoms with E-state index in [0.29, 0.717) is 43.3 Å². The third-order valence-electron chi connectivity index (χ3n) is 5.91. The zero-order chi connectivity index (χ0) is 17.6. The van der Waals surface area contributed by atoms with E-state index in [4.69, 9.17) is 16.3 Å². The second-order valence-electron chi connectivity index (χ2n) is 7.23. The van der Waals surface area contributed by atoms with Crippen molar-refractivity contribution in [3.8, 4) is 5.75 Å². The molecule has 3 atom stereocenters. The van der Waals surface area contributed by atoms with Gasteiger partial charge in [0.1, 0.15) is 5.75 Å². The number of aliphatic carboxylic acids is 1. The Morgan fingerprint density at radius 3 is 2.96 bits per heavy atom. The molecule has 4 rings (SSSR count). The van der Waals surface area contributed by atoms with Gasteiger partial charge in [0, 0.05) is 25.1 Å². The van der Waals surface area contributed by atoms with Gasteiger partial charge in [0.2, 0.25) is 0 Å². The van der Waals surface area contributed by atoms with E-state index in [-0.39, 0.29) is 18.0 Å². The maximum atomic E-state index is 12.8. The minimum absolute atomic E-state index is 0.0622. The summed E-state index contributed by atoms with van der Waals surface area (Å²) < 4.78 is 5.63. The molecule has 1 aromatic carbocycles. The topological polar surface area (TPSA) is 78.9 Å². The average Bonchev–Trinajstić information content (AvgIpc) is 3.14. The highest BCUT2D eigenvalue weighted by Crippen LogP contribution is 2.49. The monoisotopic (exact) mass is 364 g/mol. The van der Waals surface area contributed by atoms with Crippen LogP contribution in [0.2, 0.25) is 5.02 Å². The number of rotatable bonds is 2. The van der Waals surface area contributed by atoms with Gasteiger partial charge in [0.05, 0.1) is 23.1 Å². The van der Waals surface area contributed by atoms with Gasteiger partial charge in [0.25, 0.3) is 0 Å². The molecule has 7 heteroatoms. The minimum Gasteiger partial charge on any atom is -0.492 e. The van der Waals surface area contributed by atoms with Crippen LogP contribution in [-0.4, -0.2) is 41.7 Å². The van der Waals surface area contributed by atoms with E-state index in [2.05, 4.69) is 5.32 Å². The summed E-state index contributed by atoms with van der Waals surface area (Å²) in [7, 11) is 0. The Bertz CT molecular complexity index is 725. The molecule has 0 radical (unpaired) electrons. The van der Waals surface area contributed by atoms with Crippen LogP contribution in [0, 0.1) is 11.3 Å². The second-order valence-corrected chi connectivity index (χ2v) is 7.64. The summed E-state index contributed by atoms with van der Waals surface area (Å²) in [5.74, 6) is -0.0818. The number of urea groups is 1. The predicted octanol–water partition coefficient (Wildman–Crippen LogP) is 3.06. The second kappa shape index (κ2) is 6.09. The first kappa shape index (κ1) is 16.5. The highest BCUT2D eigenvalue weighted by molar-refractivity contribution is 6.32. The van der Waals surface area contributed by atoms with Crippen molar-refractivity contribution < 1.29 is 19.4 Å². The predicted molar refractivity (Wildman–Crippen MR) is 91.8 cm³/mol. The fourth-order valence-electron chi connectivity index (χ4n) is 4.57. The molecule has 0 aromatic heterocycles. The summed E-state index contributed by atoms with van der Waals surface area (Å²) >= 11 is 6.18. The zero-order valence-electron chi connectivity index (χ0n) is 13.8. The third-order valence-corrected chi connectivity index (χ3v) is 6.20. The Morgan fingerprint density at radius 1 is 1.36 bits per heavy atom. The fourth-order valence-corrected chi connectivity index (χ4v) is 4.81. The van der Waals surface area contributed by atoms with Crippen LogP contribution in [0.1, 0.15) is 37.3 Å². The summed E-state index contributed by atoms with van der Waals surface area (Å²) in [6.45, 7) is 1.30. The summed E-state index contributed by atoms with van der Waals surface area (Å²) in [6, 6.07) is 5.14. The van der Waals surface area contributed by atoms with Gasteiger partial charge in [0.15, 0.2) is 0 Å². The maximum absolute atomic E-state index is 12.8. The Labute approximate surface area is 151 Å². The van der Waals surface area contributed by atoms with Gasteiger partial charge >= 0.3 is 12.0 Å². The lowest BCUT2D eigenvalue weighted by molar-refractivity contribution is -0.149. The van der Waals surface area contributed by atoms with Crippen molar-refractivity contribution in [2.45, 2.75) is 31.7 Å². The molecule has 1 saturated carbocycles. The summed E-state index contributed by atoms with van der Waals surface area (Å²) in [4.78, 5) is 26.2. The number of benzene rings is 1. The molecular formula is C18H21ClN2O4. The van der Waals surface area contributed by atoms with E-state index in [0.717, 1.165) is 18.4 Å². The lowest BCUT2D eigenvalue weighted by atomic mass is 9.81. The van der Waals surface area contributed by atoms with E-state index in [9.17, 15) is 14.7 Å². The molecule has 0 bridgehead atoms. The number of likely N-dealkylation sites (tertiary alicyclic amines) is 1. The minimum atomic E-state index is -0.770. The quantitative estimate of drug-likeness (QED) is 0.845. The van der Waals surface area contributed by atoms with Crippen LogP contribution in [0.25, 0.3) is 0 Å². The van der Waals surface area contributed by atoms with Gasteiger partial charge in [-0.1, -0.05) is 30.2 Å². The molecule has 1 aliphatic carbocycles. The number of carbonyl (C=O) groups is 2. The number of hydrogen-bond donors (Lipinski definition) is 2. The molecule has 1 aromatic rings. The lowest BCUT2D eigenvalue weighted by Gasteiger charge is -2.29. The number of nitrogens with zero attached hydrogens (tertiary/aromatic N) is 1. The summed E-state index contributed by atoms with van der Waals surface area (Å²) in [5, 5.41) is 13.3.